The summed E-state index contributed by atoms with van der Waals surface area (Å²) in [5, 5.41) is 11.3. The maximum absolute atomic E-state index is 13.7. The SMILES string of the molecule is O=C(NC(=O)C(F)(F)C(F)(F)C(F)(F)C(=O)[O-])C12CC3CC(CC(C3)C1)C2. The van der Waals surface area contributed by atoms with E-state index in [2.05, 4.69) is 0 Å². The number of alkyl halides is 6. The largest absolute Gasteiger partial charge is 0.544 e. The number of nitrogens with one attached hydrogen (secondary N) is 1. The highest BCUT2D eigenvalue weighted by molar-refractivity contribution is 6.02. The van der Waals surface area contributed by atoms with E-state index < -0.39 is 41.0 Å². The molecule has 4 aliphatic carbocycles. The van der Waals surface area contributed by atoms with Crippen molar-refractivity contribution in [1.82, 2.24) is 5.32 Å². The fourth-order valence-electron chi connectivity index (χ4n) is 5.17. The molecule has 0 saturated heterocycles. The molecule has 4 aliphatic rings. The minimum Gasteiger partial charge on any atom is -0.544 e. The zero-order valence-corrected chi connectivity index (χ0v) is 13.9. The summed E-state index contributed by atoms with van der Waals surface area (Å²) in [5.41, 5.74) is -1.16. The van der Waals surface area contributed by atoms with E-state index in [1.165, 1.54) is 0 Å². The molecule has 4 saturated carbocycles. The number of halogens is 6. The minimum atomic E-state index is -6.58. The van der Waals surface area contributed by atoms with E-state index in [1.54, 1.807) is 0 Å². The lowest BCUT2D eigenvalue weighted by Gasteiger charge is -2.55. The molecule has 2 amide bonds. The molecule has 0 atom stereocenters. The van der Waals surface area contributed by atoms with Crippen LogP contribution in [0.15, 0.2) is 0 Å². The molecule has 0 unspecified atom stereocenters. The van der Waals surface area contributed by atoms with Gasteiger partial charge in [-0.3, -0.25) is 14.9 Å². The molecular formula is C16H16F6NO4-. The van der Waals surface area contributed by atoms with Gasteiger partial charge in [0.1, 0.15) is 5.97 Å². The van der Waals surface area contributed by atoms with Gasteiger partial charge >= 0.3 is 23.7 Å². The van der Waals surface area contributed by atoms with Crippen LogP contribution >= 0.6 is 0 Å². The van der Waals surface area contributed by atoms with Gasteiger partial charge in [-0.25, -0.2) is 0 Å². The standard InChI is InChI=1S/C16H17F6NO4/c17-14(18,16(21,22)15(19,20)12(26)27)11(25)23-10(24)13-4-7-1-8(5-13)3-9(2-7)6-13/h7-9H,1-6H2,(H,26,27)(H,23,24,25)/p-1. The van der Waals surface area contributed by atoms with Crippen LogP contribution < -0.4 is 10.4 Å². The molecule has 4 bridgehead atoms. The maximum atomic E-state index is 13.7. The van der Waals surface area contributed by atoms with Crippen molar-refractivity contribution in [2.24, 2.45) is 23.2 Å². The Morgan fingerprint density at radius 2 is 1.22 bits per heavy atom. The van der Waals surface area contributed by atoms with Crippen LogP contribution in [-0.4, -0.2) is 35.6 Å². The van der Waals surface area contributed by atoms with Gasteiger partial charge in [-0.15, -0.1) is 0 Å². The second-order valence-corrected chi connectivity index (χ2v) is 7.99. The summed E-state index contributed by atoms with van der Waals surface area (Å²) < 4.78 is 80.1. The Balaban J connectivity index is 1.78. The van der Waals surface area contributed by atoms with E-state index in [0.29, 0.717) is 19.3 Å². The molecule has 152 valence electrons. The highest BCUT2D eigenvalue weighted by atomic mass is 19.3. The Kier molecular flexibility index (Phi) is 4.31. The predicted octanol–water partition coefficient (Wildman–Crippen LogP) is 1.50. The molecule has 0 aromatic carbocycles. The zero-order chi connectivity index (χ0) is 20.4. The summed E-state index contributed by atoms with van der Waals surface area (Å²) in [6, 6.07) is 0. The predicted molar refractivity (Wildman–Crippen MR) is 73.6 cm³/mol. The minimum absolute atomic E-state index is 0.168. The third-order valence-corrected chi connectivity index (χ3v) is 6.08. The summed E-state index contributed by atoms with van der Waals surface area (Å²) in [7, 11) is 0. The lowest BCUT2D eigenvalue weighted by atomic mass is 9.49. The first-order valence-corrected chi connectivity index (χ1v) is 8.44. The molecule has 0 spiro atoms. The number of hydrogen-bond donors (Lipinski definition) is 1. The van der Waals surface area contributed by atoms with Gasteiger partial charge in [-0.05, 0) is 56.3 Å². The molecular weight excluding hydrogens is 384 g/mol. The second-order valence-electron chi connectivity index (χ2n) is 7.99. The zero-order valence-electron chi connectivity index (χ0n) is 13.9. The van der Waals surface area contributed by atoms with E-state index in [9.17, 15) is 45.8 Å². The van der Waals surface area contributed by atoms with Gasteiger partial charge in [0.2, 0.25) is 5.91 Å². The molecule has 4 fully saturated rings. The van der Waals surface area contributed by atoms with Crippen molar-refractivity contribution < 1.29 is 45.8 Å². The first kappa shape index (κ1) is 19.9. The number of carbonyl (C=O) groups is 3. The fraction of sp³-hybridized carbons (Fsp3) is 0.812. The molecule has 0 aromatic rings. The van der Waals surface area contributed by atoms with Gasteiger partial charge in [-0.1, -0.05) is 0 Å². The second kappa shape index (κ2) is 5.84. The summed E-state index contributed by atoms with van der Waals surface area (Å²) in [6.07, 6.45) is 3.55. The number of carbonyl (C=O) groups excluding carboxylic acids is 3. The normalized spacial score (nSPS) is 33.0. The molecule has 0 heterocycles. The van der Waals surface area contributed by atoms with Crippen LogP contribution in [0.2, 0.25) is 0 Å². The summed E-state index contributed by atoms with van der Waals surface area (Å²) in [6.45, 7) is 0. The molecule has 0 aliphatic heterocycles. The van der Waals surface area contributed by atoms with E-state index in [-0.39, 0.29) is 17.8 Å². The first-order chi connectivity index (χ1) is 12.2. The maximum Gasteiger partial charge on any atom is 0.393 e. The van der Waals surface area contributed by atoms with Crippen LogP contribution in [0.5, 0.6) is 0 Å². The van der Waals surface area contributed by atoms with Crippen molar-refractivity contribution >= 4 is 17.8 Å². The van der Waals surface area contributed by atoms with E-state index in [1.807, 2.05) is 0 Å². The van der Waals surface area contributed by atoms with Crippen molar-refractivity contribution in [3.8, 4) is 0 Å². The van der Waals surface area contributed by atoms with Crippen LogP contribution in [0.1, 0.15) is 38.5 Å². The fourth-order valence-corrected chi connectivity index (χ4v) is 5.17. The monoisotopic (exact) mass is 400 g/mol. The molecule has 4 rings (SSSR count). The van der Waals surface area contributed by atoms with Crippen LogP contribution in [0.3, 0.4) is 0 Å². The van der Waals surface area contributed by atoms with Crippen LogP contribution in [0.4, 0.5) is 26.3 Å². The van der Waals surface area contributed by atoms with Gasteiger partial charge in [0, 0.05) is 0 Å². The lowest BCUT2D eigenvalue weighted by molar-refractivity contribution is -0.364. The Labute approximate surface area is 149 Å². The van der Waals surface area contributed by atoms with Gasteiger partial charge < -0.3 is 9.90 Å². The number of rotatable bonds is 5. The van der Waals surface area contributed by atoms with Crippen molar-refractivity contribution in [3.63, 3.8) is 0 Å². The molecule has 11 heteroatoms. The Morgan fingerprint density at radius 1 is 0.815 bits per heavy atom. The Hall–Kier alpha value is -1.81. The smallest absolute Gasteiger partial charge is 0.393 e. The molecule has 0 radical (unpaired) electrons. The number of amides is 2. The summed E-state index contributed by atoms with van der Waals surface area (Å²) in [5.74, 6) is -26.4. The summed E-state index contributed by atoms with van der Waals surface area (Å²) >= 11 is 0. The molecule has 5 nitrogen and oxygen atoms in total. The highest BCUT2D eigenvalue weighted by Gasteiger charge is 2.76. The quantitative estimate of drug-likeness (QED) is 0.709. The topological polar surface area (TPSA) is 86.3 Å². The van der Waals surface area contributed by atoms with Crippen molar-refractivity contribution in [3.05, 3.63) is 0 Å². The number of carboxylic acid groups (broad SMARTS) is 1. The third kappa shape index (κ3) is 2.80. The molecule has 1 N–H and O–H groups in total. The number of carboxylic acids is 1. The Morgan fingerprint density at radius 3 is 1.59 bits per heavy atom. The molecule has 27 heavy (non-hydrogen) atoms. The van der Waals surface area contributed by atoms with Gasteiger partial charge in [0.15, 0.2) is 0 Å². The highest BCUT2D eigenvalue weighted by Crippen LogP contribution is 2.60. The lowest BCUT2D eigenvalue weighted by Crippen LogP contribution is -2.67. The third-order valence-electron chi connectivity index (χ3n) is 6.08. The van der Waals surface area contributed by atoms with Crippen molar-refractivity contribution in [1.29, 1.82) is 0 Å². The van der Waals surface area contributed by atoms with Gasteiger partial charge in [0.05, 0.1) is 5.41 Å². The van der Waals surface area contributed by atoms with Crippen molar-refractivity contribution in [2.45, 2.75) is 56.3 Å². The van der Waals surface area contributed by atoms with E-state index >= 15 is 0 Å². The van der Waals surface area contributed by atoms with E-state index in [0.717, 1.165) is 24.6 Å². The van der Waals surface area contributed by atoms with Crippen LogP contribution in [0, 0.1) is 23.2 Å². The molecule has 0 aromatic heterocycles. The van der Waals surface area contributed by atoms with E-state index in [4.69, 9.17) is 0 Å². The number of aliphatic carboxylic acids is 1. The van der Waals surface area contributed by atoms with Crippen molar-refractivity contribution in [2.75, 3.05) is 0 Å². The number of imide groups is 1. The van der Waals surface area contributed by atoms with Gasteiger partial charge in [-0.2, -0.15) is 26.3 Å². The van der Waals surface area contributed by atoms with Crippen LogP contribution in [0.25, 0.3) is 0 Å². The first-order valence-electron chi connectivity index (χ1n) is 8.44. The average Bonchev–Trinajstić information content (AvgIpc) is 2.52. The Bertz CT molecular complexity index is 657. The van der Waals surface area contributed by atoms with Crippen LogP contribution in [-0.2, 0) is 14.4 Å². The average molecular weight is 400 g/mol. The van der Waals surface area contributed by atoms with Gasteiger partial charge in [0.25, 0.3) is 0 Å². The number of hydrogen-bond acceptors (Lipinski definition) is 4. The summed E-state index contributed by atoms with van der Waals surface area (Å²) in [4.78, 5) is 34.1.